The van der Waals surface area contributed by atoms with Crippen molar-refractivity contribution in [2.24, 2.45) is 11.3 Å². The van der Waals surface area contributed by atoms with Crippen LogP contribution in [-0.2, 0) is 47.7 Å². The van der Waals surface area contributed by atoms with E-state index in [4.69, 9.17) is 0 Å². The van der Waals surface area contributed by atoms with E-state index in [1.54, 1.807) is 0 Å². The molecule has 4 aliphatic rings. The van der Waals surface area contributed by atoms with Crippen LogP contribution in [0.3, 0.4) is 0 Å². The number of allylic oxidation sites excluding steroid dienone is 8. The van der Waals surface area contributed by atoms with E-state index in [-0.39, 0.29) is 10.8 Å². The summed E-state index contributed by atoms with van der Waals surface area (Å²) >= 11 is 1.30. The van der Waals surface area contributed by atoms with Gasteiger partial charge in [-0.1, -0.05) is 123 Å². The summed E-state index contributed by atoms with van der Waals surface area (Å²) in [5, 5.41) is 0. The molecule has 0 spiro atoms. The van der Waals surface area contributed by atoms with Crippen molar-refractivity contribution in [2.45, 2.75) is 112 Å². The number of rotatable bonds is 2. The molecule has 0 N–H and O–H groups in total. The Morgan fingerprint density at radius 1 is 0.840 bits per heavy atom. The first-order chi connectivity index (χ1) is 23.3. The van der Waals surface area contributed by atoms with Crippen molar-refractivity contribution in [2.75, 3.05) is 0 Å². The van der Waals surface area contributed by atoms with Crippen LogP contribution in [0.5, 0.6) is 0 Å². The van der Waals surface area contributed by atoms with Gasteiger partial charge in [-0.25, -0.2) is 11.1 Å². The summed E-state index contributed by atoms with van der Waals surface area (Å²) < 4.78 is 38.7. The molecule has 4 heteroatoms. The van der Waals surface area contributed by atoms with Gasteiger partial charge in [0.2, 0.25) is 0 Å². The van der Waals surface area contributed by atoms with Crippen molar-refractivity contribution in [1.82, 2.24) is 0 Å². The van der Waals surface area contributed by atoms with Crippen molar-refractivity contribution in [1.29, 1.82) is 0 Å². The summed E-state index contributed by atoms with van der Waals surface area (Å²) in [4.78, 5) is 0. The second kappa shape index (κ2) is 15.0. The van der Waals surface area contributed by atoms with E-state index in [1.807, 2.05) is 0 Å². The molecule has 1 unspecified atom stereocenters. The molecule has 0 aromatic heterocycles. The van der Waals surface area contributed by atoms with Gasteiger partial charge in [-0.3, -0.25) is 12.2 Å². The fraction of sp³-hybridized carbons (Fsp3) is 0.413. The summed E-state index contributed by atoms with van der Waals surface area (Å²) in [6.45, 7) is 25.0. The molecule has 4 aliphatic carbocycles. The van der Waals surface area contributed by atoms with Crippen LogP contribution >= 0.6 is 0 Å². The molecule has 50 heavy (non-hydrogen) atoms. The van der Waals surface area contributed by atoms with Gasteiger partial charge in [0.05, 0.1) is 0 Å². The zero-order valence-corrected chi connectivity index (χ0v) is 34.3. The molecular formula is C46H52F3Zr-3. The summed E-state index contributed by atoms with van der Waals surface area (Å²) in [6, 6.07) is 16.8. The van der Waals surface area contributed by atoms with Gasteiger partial charge in [0.15, 0.2) is 0 Å². The van der Waals surface area contributed by atoms with Crippen molar-refractivity contribution in [3.8, 4) is 11.1 Å². The Bertz CT molecular complexity index is 1770. The Balaban J connectivity index is 0.000000189. The fourth-order valence-electron chi connectivity index (χ4n) is 7.71. The summed E-state index contributed by atoms with van der Waals surface area (Å²) in [5.74, 6) is 0.573. The molecule has 0 heterocycles. The topological polar surface area (TPSA) is 0 Å². The quantitative estimate of drug-likeness (QED) is 0.179. The molecule has 0 nitrogen and oxygen atoms in total. The van der Waals surface area contributed by atoms with Crippen LogP contribution in [0.4, 0.5) is 13.2 Å². The van der Waals surface area contributed by atoms with E-state index < -0.39 is 11.7 Å². The molecule has 0 saturated carbocycles. The van der Waals surface area contributed by atoms with Crippen molar-refractivity contribution in [3.63, 3.8) is 0 Å². The molecule has 1 atom stereocenters. The minimum atomic E-state index is -4.23. The van der Waals surface area contributed by atoms with E-state index in [9.17, 15) is 13.2 Å². The number of alkyl halides is 3. The van der Waals surface area contributed by atoms with Crippen LogP contribution < -0.4 is 0 Å². The molecular weight excluding hydrogens is 701 g/mol. The van der Waals surface area contributed by atoms with Crippen LogP contribution in [0.15, 0.2) is 71.8 Å². The first kappa shape index (κ1) is 39.9. The average molecular weight is 753 g/mol. The van der Waals surface area contributed by atoms with Gasteiger partial charge in [0, 0.05) is 5.41 Å². The van der Waals surface area contributed by atoms with E-state index in [2.05, 4.69) is 135 Å². The molecule has 264 valence electrons. The average Bonchev–Trinajstić information content (AvgIpc) is 3.76. The number of hydrogen-bond donors (Lipinski definition) is 0. The minimum absolute atomic E-state index is 0.0340. The molecule has 0 amide bonds. The first-order valence-corrected chi connectivity index (χ1v) is 19.4. The van der Waals surface area contributed by atoms with Gasteiger partial charge in [-0.05, 0) is 58.4 Å². The molecule has 7 rings (SSSR count). The number of hydrogen-bond acceptors (Lipinski definition) is 0. The Morgan fingerprint density at radius 2 is 1.40 bits per heavy atom. The third kappa shape index (κ3) is 8.28. The van der Waals surface area contributed by atoms with Crippen molar-refractivity contribution in [3.05, 3.63) is 129 Å². The predicted molar refractivity (Wildman–Crippen MR) is 202 cm³/mol. The van der Waals surface area contributed by atoms with Gasteiger partial charge >= 0.3 is 34.6 Å². The van der Waals surface area contributed by atoms with Crippen molar-refractivity contribution >= 4 is 15.4 Å². The number of halogens is 3. The summed E-state index contributed by atoms with van der Waals surface area (Å²) in [5.41, 5.74) is 17.2. The van der Waals surface area contributed by atoms with Crippen LogP contribution in [0.25, 0.3) is 22.3 Å². The zero-order valence-electron chi connectivity index (χ0n) is 31.8. The van der Waals surface area contributed by atoms with E-state index >= 15 is 0 Å². The summed E-state index contributed by atoms with van der Waals surface area (Å²) in [6.07, 6.45) is 11.2. The molecule has 0 radical (unpaired) electrons. The van der Waals surface area contributed by atoms with Crippen molar-refractivity contribution < 1.29 is 37.4 Å². The third-order valence-electron chi connectivity index (χ3n) is 10.1. The molecule has 3 aromatic rings. The zero-order chi connectivity index (χ0) is 37.4. The molecule has 0 bridgehead atoms. The van der Waals surface area contributed by atoms with E-state index in [0.717, 1.165) is 25.0 Å². The van der Waals surface area contributed by atoms with Crippen LogP contribution in [0, 0.1) is 29.6 Å². The Kier molecular flexibility index (Phi) is 12.0. The fourth-order valence-corrected chi connectivity index (χ4v) is 7.71. The maximum absolute atomic E-state index is 11.8. The third-order valence-corrected chi connectivity index (χ3v) is 10.1. The van der Waals surface area contributed by atoms with Gasteiger partial charge in [-0.2, -0.15) is 60.7 Å². The van der Waals surface area contributed by atoms with Gasteiger partial charge in [0.25, 0.3) is 0 Å². The second-order valence-corrected chi connectivity index (χ2v) is 15.8. The Labute approximate surface area is 315 Å². The van der Waals surface area contributed by atoms with E-state index in [0.29, 0.717) is 11.3 Å². The molecule has 0 saturated heterocycles. The number of benzene rings is 3. The maximum atomic E-state index is 11.8. The van der Waals surface area contributed by atoms with Crippen LogP contribution in [0.2, 0.25) is 0 Å². The molecule has 0 aliphatic heterocycles. The first-order valence-electron chi connectivity index (χ1n) is 17.7. The molecule has 3 aromatic carbocycles. The van der Waals surface area contributed by atoms with Crippen LogP contribution in [0.1, 0.15) is 128 Å². The van der Waals surface area contributed by atoms with Crippen LogP contribution in [-0.4, -0.2) is 4.21 Å². The second-order valence-electron chi connectivity index (χ2n) is 15.8. The standard InChI is InChI=1S/C25H25.C13H21.C7H4F3.CH2.Zr/c1-14-12-24(3,4)22-8-16-7-17-9-23-19(15(2)13-25(23,5)6)11-21(17)20(16)10-18(14)22;1-6-10-8-11(7-2)12(9-10)13(3,4)5;8-7(9,10)6-4-2-1-3-5-6;;/h8-12H,7H2,1-6H3;9-10H,6-7H2,1-5H3;2-5H;1H2;/q3*-1;;. The molecule has 0 fully saturated rings. The van der Waals surface area contributed by atoms with E-state index in [1.165, 1.54) is 110 Å². The van der Waals surface area contributed by atoms with Gasteiger partial charge < -0.3 is 0 Å². The predicted octanol–water partition coefficient (Wildman–Crippen LogP) is 13.1. The monoisotopic (exact) mass is 751 g/mol. The van der Waals surface area contributed by atoms with Gasteiger partial charge in [-0.15, -0.1) is 11.6 Å². The van der Waals surface area contributed by atoms with Gasteiger partial charge in [0.1, 0.15) is 0 Å². The Hall–Kier alpha value is -2.84. The SMILES string of the molecule is CC1=[C-]C(C)(C)c2cc3c(cc21)-c1cc2c(cc1C3)C(C)(C)C=C2C.CCC1=[C-]C(CC)C=C1C(C)(C)C.FC(F)(F)c1cc[c-]cc1.[CH2]=[Zr]. The number of fused-ring (bicyclic) bond motifs is 5. The Morgan fingerprint density at radius 3 is 1.88 bits per heavy atom. The normalized spacial score (nSPS) is 18.6. The summed E-state index contributed by atoms with van der Waals surface area (Å²) in [7, 11) is 0.